The van der Waals surface area contributed by atoms with Gasteiger partial charge in [-0.3, -0.25) is 0 Å². The Hall–Kier alpha value is -1.26. The Balaban J connectivity index is 2.39. The second kappa shape index (κ2) is 6.09. The molecule has 0 unspecified atom stereocenters. The minimum absolute atomic E-state index is 0.204. The number of hydrogen-bond donors (Lipinski definition) is 1. The first-order chi connectivity index (χ1) is 10.1. The topological polar surface area (TPSA) is 28.3 Å². The third-order valence-corrected chi connectivity index (χ3v) is 9.09. The van der Waals surface area contributed by atoms with Crippen LogP contribution in [0.2, 0.25) is 18.1 Å². The lowest BCUT2D eigenvalue weighted by Crippen LogP contribution is -2.43. The third kappa shape index (κ3) is 3.55. The van der Waals surface area contributed by atoms with E-state index in [-0.39, 0.29) is 5.04 Å². The first-order valence-electron chi connectivity index (χ1n) is 8.04. The minimum atomic E-state index is -1.83. The van der Waals surface area contributed by atoms with Crippen molar-refractivity contribution in [1.29, 1.82) is 0 Å². The zero-order valence-electron chi connectivity index (χ0n) is 15.1. The molecule has 0 fully saturated rings. The van der Waals surface area contributed by atoms with Crippen LogP contribution in [0.3, 0.4) is 0 Å². The van der Waals surface area contributed by atoms with E-state index in [0.29, 0.717) is 0 Å². The highest BCUT2D eigenvalue weighted by Gasteiger charge is 2.39. The van der Waals surface area contributed by atoms with E-state index in [0.717, 1.165) is 18.7 Å². The average Bonchev–Trinajstić information content (AvgIpc) is 2.79. The van der Waals surface area contributed by atoms with Crippen molar-refractivity contribution in [1.82, 2.24) is 9.88 Å². The van der Waals surface area contributed by atoms with Gasteiger partial charge in [-0.2, -0.15) is 0 Å². The zero-order valence-corrected chi connectivity index (χ0v) is 16.1. The van der Waals surface area contributed by atoms with Crippen molar-refractivity contribution in [2.75, 3.05) is 20.6 Å². The molecule has 4 heteroatoms. The molecule has 0 radical (unpaired) electrons. The first kappa shape index (κ1) is 17.1. The van der Waals surface area contributed by atoms with E-state index in [4.69, 9.17) is 4.43 Å². The van der Waals surface area contributed by atoms with Crippen molar-refractivity contribution in [3.05, 3.63) is 30.0 Å². The summed E-state index contributed by atoms with van der Waals surface area (Å²) in [7, 11) is 2.40. The number of H-pyrrole nitrogens is 1. The molecule has 122 valence electrons. The van der Waals surface area contributed by atoms with Gasteiger partial charge in [0.25, 0.3) is 8.32 Å². The smallest absolute Gasteiger partial charge is 0.250 e. The summed E-state index contributed by atoms with van der Waals surface area (Å²) < 4.78 is 6.59. The standard InChI is InChI=1S/C18H30N2OSi/c1-18(2,3)22(6,7)21-16-10-8-9-15-17(16)14(13-19-15)11-12-20(4)5/h8-10,13,19H,11-12H2,1-7H3. The highest BCUT2D eigenvalue weighted by molar-refractivity contribution is 6.74. The van der Waals surface area contributed by atoms with E-state index in [1.165, 1.54) is 16.5 Å². The van der Waals surface area contributed by atoms with Gasteiger partial charge < -0.3 is 14.3 Å². The number of fused-ring (bicyclic) bond motifs is 1. The molecule has 0 amide bonds. The lowest BCUT2D eigenvalue weighted by atomic mass is 10.1. The molecule has 1 aromatic carbocycles. The maximum atomic E-state index is 6.59. The number of hydrogen-bond acceptors (Lipinski definition) is 2. The lowest BCUT2D eigenvalue weighted by Gasteiger charge is -2.36. The maximum Gasteiger partial charge on any atom is 0.250 e. The Kier molecular flexibility index (Phi) is 4.73. The third-order valence-electron chi connectivity index (χ3n) is 4.75. The molecule has 0 spiro atoms. The van der Waals surface area contributed by atoms with Crippen molar-refractivity contribution in [3.8, 4) is 5.75 Å². The number of aromatic amines is 1. The number of nitrogens with zero attached hydrogens (tertiary/aromatic N) is 1. The number of nitrogens with one attached hydrogen (secondary N) is 1. The fraction of sp³-hybridized carbons (Fsp3) is 0.556. The first-order valence-corrected chi connectivity index (χ1v) is 11.0. The van der Waals surface area contributed by atoms with E-state index in [2.05, 4.69) is 82.2 Å². The van der Waals surface area contributed by atoms with Crippen molar-refractivity contribution in [2.24, 2.45) is 0 Å². The van der Waals surface area contributed by atoms with Gasteiger partial charge in [-0.05, 0) is 56.3 Å². The summed E-state index contributed by atoms with van der Waals surface area (Å²) in [4.78, 5) is 5.61. The van der Waals surface area contributed by atoms with E-state index >= 15 is 0 Å². The van der Waals surface area contributed by atoms with Gasteiger partial charge in [0.1, 0.15) is 5.75 Å². The van der Waals surface area contributed by atoms with E-state index in [1.807, 2.05) is 0 Å². The molecule has 0 saturated carbocycles. The Morgan fingerprint density at radius 3 is 2.45 bits per heavy atom. The summed E-state index contributed by atoms with van der Waals surface area (Å²) in [6.07, 6.45) is 3.16. The molecule has 1 aromatic heterocycles. The molecule has 0 saturated heterocycles. The average molecular weight is 319 g/mol. The molecule has 0 bridgehead atoms. The summed E-state index contributed by atoms with van der Waals surface area (Å²) in [6, 6.07) is 6.33. The minimum Gasteiger partial charge on any atom is -0.543 e. The molecule has 22 heavy (non-hydrogen) atoms. The van der Waals surface area contributed by atoms with Crippen LogP contribution in [0.5, 0.6) is 5.75 Å². The van der Waals surface area contributed by atoms with Crippen LogP contribution in [0.15, 0.2) is 24.4 Å². The molecule has 0 aliphatic heterocycles. The van der Waals surface area contributed by atoms with E-state index < -0.39 is 8.32 Å². The van der Waals surface area contributed by atoms with Crippen LogP contribution >= 0.6 is 0 Å². The normalized spacial score (nSPS) is 13.1. The molecule has 2 aromatic rings. The number of likely N-dealkylation sites (N-methyl/N-ethyl adjacent to an activating group) is 1. The van der Waals surface area contributed by atoms with Gasteiger partial charge in [0.2, 0.25) is 0 Å². The van der Waals surface area contributed by atoms with Gasteiger partial charge in [-0.1, -0.05) is 26.8 Å². The summed E-state index contributed by atoms with van der Waals surface area (Å²) in [5, 5.41) is 1.46. The summed E-state index contributed by atoms with van der Waals surface area (Å²) in [6.45, 7) is 12.5. The van der Waals surface area contributed by atoms with Crippen LogP contribution in [0.1, 0.15) is 26.3 Å². The Morgan fingerprint density at radius 1 is 1.18 bits per heavy atom. The summed E-state index contributed by atoms with van der Waals surface area (Å²) in [5.74, 6) is 1.04. The van der Waals surface area contributed by atoms with Crippen LogP contribution in [0.25, 0.3) is 10.9 Å². The van der Waals surface area contributed by atoms with Gasteiger partial charge >= 0.3 is 0 Å². The predicted octanol–water partition coefficient (Wildman–Crippen LogP) is 4.66. The molecule has 2 rings (SSSR count). The van der Waals surface area contributed by atoms with E-state index in [1.54, 1.807) is 0 Å². The van der Waals surface area contributed by atoms with Crippen molar-refractivity contribution in [3.63, 3.8) is 0 Å². The molecule has 3 nitrogen and oxygen atoms in total. The largest absolute Gasteiger partial charge is 0.543 e. The van der Waals surface area contributed by atoms with Gasteiger partial charge in [-0.25, -0.2) is 0 Å². The van der Waals surface area contributed by atoms with Crippen molar-refractivity contribution < 1.29 is 4.43 Å². The van der Waals surface area contributed by atoms with Gasteiger partial charge in [0.05, 0.1) is 0 Å². The Morgan fingerprint density at radius 2 is 1.86 bits per heavy atom. The highest BCUT2D eigenvalue weighted by Crippen LogP contribution is 2.39. The Bertz CT molecular complexity index is 638. The Labute approximate surface area is 135 Å². The zero-order chi connectivity index (χ0) is 16.5. The number of benzene rings is 1. The highest BCUT2D eigenvalue weighted by atomic mass is 28.4. The van der Waals surface area contributed by atoms with Crippen LogP contribution in [-0.4, -0.2) is 38.8 Å². The SMILES string of the molecule is CN(C)CCc1c[nH]c2cccc(O[Si](C)(C)C(C)(C)C)c12. The predicted molar refractivity (Wildman–Crippen MR) is 98.4 cm³/mol. The fourth-order valence-electron chi connectivity index (χ4n) is 2.27. The van der Waals surface area contributed by atoms with E-state index in [9.17, 15) is 0 Å². The van der Waals surface area contributed by atoms with Gasteiger partial charge in [0, 0.05) is 23.6 Å². The quantitative estimate of drug-likeness (QED) is 0.812. The molecule has 0 aliphatic rings. The molecule has 1 N–H and O–H groups in total. The van der Waals surface area contributed by atoms with Crippen LogP contribution in [0.4, 0.5) is 0 Å². The summed E-state index contributed by atoms with van der Waals surface area (Å²) >= 11 is 0. The van der Waals surface area contributed by atoms with Crippen LogP contribution < -0.4 is 4.43 Å². The van der Waals surface area contributed by atoms with Crippen LogP contribution in [0, 0.1) is 0 Å². The van der Waals surface area contributed by atoms with Crippen molar-refractivity contribution in [2.45, 2.75) is 45.3 Å². The number of rotatable bonds is 5. The summed E-state index contributed by atoms with van der Waals surface area (Å²) in [5.41, 5.74) is 2.52. The second-order valence-electron chi connectivity index (χ2n) is 7.91. The fourth-order valence-corrected chi connectivity index (χ4v) is 3.30. The lowest BCUT2D eigenvalue weighted by molar-refractivity contribution is 0.414. The van der Waals surface area contributed by atoms with Gasteiger partial charge in [-0.15, -0.1) is 0 Å². The molecule has 0 aliphatic carbocycles. The number of aromatic nitrogens is 1. The maximum absolute atomic E-state index is 6.59. The second-order valence-corrected chi connectivity index (χ2v) is 12.6. The molecule has 0 atom stereocenters. The molecular formula is C18H30N2OSi. The monoisotopic (exact) mass is 318 g/mol. The molecular weight excluding hydrogens is 288 g/mol. The van der Waals surface area contributed by atoms with Crippen LogP contribution in [-0.2, 0) is 6.42 Å². The van der Waals surface area contributed by atoms with Gasteiger partial charge in [0.15, 0.2) is 0 Å². The van der Waals surface area contributed by atoms with Crippen molar-refractivity contribution >= 4 is 19.2 Å². The molecule has 1 heterocycles.